The Bertz CT molecular complexity index is 389. The third-order valence-electron chi connectivity index (χ3n) is 3.46. The van der Waals surface area contributed by atoms with E-state index in [1.807, 2.05) is 12.1 Å². The van der Waals surface area contributed by atoms with E-state index in [1.54, 1.807) is 6.20 Å². The Balaban J connectivity index is 2.89. The maximum atomic E-state index is 13.2. The van der Waals surface area contributed by atoms with E-state index < -0.39 is 21.1 Å². The van der Waals surface area contributed by atoms with E-state index in [0.29, 0.717) is 5.69 Å². The molecular weight excluding hydrogens is 313 g/mol. The highest BCUT2D eigenvalue weighted by molar-refractivity contribution is 9.10. The molecule has 0 aliphatic heterocycles. The topological polar surface area (TPSA) is 22.1 Å². The molecule has 0 bridgehead atoms. The lowest BCUT2D eigenvalue weighted by molar-refractivity contribution is 0.145. The van der Waals surface area contributed by atoms with Gasteiger partial charge < -0.3 is 4.43 Å². The van der Waals surface area contributed by atoms with Gasteiger partial charge in [0.15, 0.2) is 8.32 Å². The van der Waals surface area contributed by atoms with Crippen LogP contribution in [0.1, 0.15) is 32.6 Å². The Kier molecular flexibility index (Phi) is 5.09. The summed E-state index contributed by atoms with van der Waals surface area (Å²) >= 11 is 3.32. The fourth-order valence-corrected chi connectivity index (χ4v) is 2.76. The third kappa shape index (κ3) is 3.86. The molecule has 0 amide bonds. The van der Waals surface area contributed by atoms with Crippen LogP contribution in [0.25, 0.3) is 0 Å². The molecule has 1 rings (SSSR count). The van der Waals surface area contributed by atoms with Crippen molar-refractivity contribution in [1.82, 2.24) is 4.98 Å². The summed E-state index contributed by atoms with van der Waals surface area (Å²) in [6.07, 6.45) is 1.12. The van der Waals surface area contributed by atoms with Gasteiger partial charge in [-0.3, -0.25) is 4.98 Å². The van der Waals surface area contributed by atoms with E-state index in [0.717, 1.165) is 4.47 Å². The Morgan fingerprint density at radius 1 is 1.39 bits per heavy atom. The molecule has 0 fully saturated rings. The minimum absolute atomic E-state index is 0.0653. The van der Waals surface area contributed by atoms with E-state index in [4.69, 9.17) is 4.43 Å². The summed E-state index contributed by atoms with van der Waals surface area (Å²) in [7, 11) is -1.98. The average Bonchev–Trinajstić information content (AvgIpc) is 2.25. The van der Waals surface area contributed by atoms with Gasteiger partial charge in [-0.15, -0.1) is 0 Å². The van der Waals surface area contributed by atoms with Crippen LogP contribution in [-0.4, -0.2) is 20.0 Å². The maximum Gasteiger partial charge on any atom is 0.193 e. The number of hydrogen-bond acceptors (Lipinski definition) is 2. The second kappa shape index (κ2) is 5.80. The summed E-state index contributed by atoms with van der Waals surface area (Å²) in [5.41, 5.74) is 0.658. The largest absolute Gasteiger partial charge is 0.406 e. The molecule has 0 radical (unpaired) electrons. The molecule has 0 aromatic carbocycles. The molecule has 1 unspecified atom stereocenters. The van der Waals surface area contributed by atoms with Gasteiger partial charge in [0.2, 0.25) is 0 Å². The summed E-state index contributed by atoms with van der Waals surface area (Å²) < 4.78 is 20.2. The number of hydrogen-bond donors (Lipinski definition) is 0. The molecule has 0 N–H and O–H groups in total. The second-order valence-electron chi connectivity index (χ2n) is 5.92. The summed E-state index contributed by atoms with van der Waals surface area (Å²) in [6, 6.07) is 3.67. The van der Waals surface area contributed by atoms with Gasteiger partial charge in [-0.2, -0.15) is 0 Å². The van der Waals surface area contributed by atoms with Crippen LogP contribution in [-0.2, 0) is 4.43 Å². The van der Waals surface area contributed by atoms with Crippen molar-refractivity contribution in [2.45, 2.75) is 45.0 Å². The molecular formula is C13H21BrFNOSi. The highest BCUT2D eigenvalue weighted by Crippen LogP contribution is 2.39. The first kappa shape index (κ1) is 15.8. The van der Waals surface area contributed by atoms with Gasteiger partial charge in [0, 0.05) is 10.7 Å². The fourth-order valence-electron chi connectivity index (χ4n) is 1.28. The van der Waals surface area contributed by atoms with Crippen molar-refractivity contribution in [2.24, 2.45) is 0 Å². The molecule has 1 heterocycles. The number of rotatable bonds is 4. The Morgan fingerprint density at radius 3 is 2.39 bits per heavy atom. The van der Waals surface area contributed by atoms with Crippen molar-refractivity contribution < 1.29 is 8.82 Å². The molecule has 0 saturated heterocycles. The summed E-state index contributed by atoms with van der Waals surface area (Å²) in [4.78, 5) is 4.23. The van der Waals surface area contributed by atoms with E-state index in [-0.39, 0.29) is 5.04 Å². The zero-order valence-electron chi connectivity index (χ0n) is 11.6. The predicted molar refractivity (Wildman–Crippen MR) is 78.9 cm³/mol. The van der Waals surface area contributed by atoms with E-state index in [1.165, 1.54) is 0 Å². The normalized spacial score (nSPS) is 14.6. The van der Waals surface area contributed by atoms with Crippen LogP contribution in [0.2, 0.25) is 18.1 Å². The zero-order chi connectivity index (χ0) is 14.0. The van der Waals surface area contributed by atoms with Gasteiger partial charge in [-0.1, -0.05) is 20.8 Å². The number of pyridine rings is 1. The van der Waals surface area contributed by atoms with Crippen molar-refractivity contribution in [2.75, 3.05) is 6.67 Å². The summed E-state index contributed by atoms with van der Waals surface area (Å²) in [6.45, 7) is 10.1. The number of halogens is 2. The standard InChI is InChI=1S/C13H21BrFNOSi/c1-13(2,3)18(4,5)17-12(8-15)11-7-6-10(14)9-16-11/h6-7,9,12H,8H2,1-5H3. The van der Waals surface area contributed by atoms with Gasteiger partial charge in [-0.05, 0) is 46.2 Å². The van der Waals surface area contributed by atoms with Crippen LogP contribution >= 0.6 is 15.9 Å². The molecule has 0 saturated carbocycles. The van der Waals surface area contributed by atoms with Crippen LogP contribution in [0.5, 0.6) is 0 Å². The molecule has 0 spiro atoms. The summed E-state index contributed by atoms with van der Waals surface area (Å²) in [5.74, 6) is 0. The van der Waals surface area contributed by atoms with Gasteiger partial charge in [0.1, 0.15) is 12.8 Å². The van der Waals surface area contributed by atoms with Crippen LogP contribution < -0.4 is 0 Å². The predicted octanol–water partition coefficient (Wildman–Crippen LogP) is 4.88. The second-order valence-corrected chi connectivity index (χ2v) is 11.6. The summed E-state index contributed by atoms with van der Waals surface area (Å²) in [5, 5.41) is 0.0653. The van der Waals surface area contributed by atoms with Gasteiger partial charge >= 0.3 is 0 Å². The minimum atomic E-state index is -1.98. The molecule has 2 nitrogen and oxygen atoms in total. The average molecular weight is 334 g/mol. The Morgan fingerprint density at radius 2 is 2.00 bits per heavy atom. The number of aromatic nitrogens is 1. The molecule has 18 heavy (non-hydrogen) atoms. The van der Waals surface area contributed by atoms with Gasteiger partial charge in [-0.25, -0.2) is 4.39 Å². The lowest BCUT2D eigenvalue weighted by Crippen LogP contribution is -2.42. The number of nitrogens with zero attached hydrogens (tertiary/aromatic N) is 1. The molecule has 102 valence electrons. The lowest BCUT2D eigenvalue weighted by atomic mass is 10.2. The SMILES string of the molecule is CC(C)(C)[Si](C)(C)OC(CF)c1ccc(Br)cn1. The minimum Gasteiger partial charge on any atom is -0.406 e. The molecule has 1 aromatic rings. The van der Waals surface area contributed by atoms with Crippen molar-refractivity contribution in [3.8, 4) is 0 Å². The lowest BCUT2D eigenvalue weighted by Gasteiger charge is -2.38. The smallest absolute Gasteiger partial charge is 0.193 e. The maximum absolute atomic E-state index is 13.2. The first-order valence-corrected chi connectivity index (χ1v) is 9.73. The van der Waals surface area contributed by atoms with Crippen LogP contribution in [0.15, 0.2) is 22.8 Å². The molecule has 0 aliphatic rings. The van der Waals surface area contributed by atoms with Crippen LogP contribution in [0.4, 0.5) is 4.39 Å². The monoisotopic (exact) mass is 333 g/mol. The first-order valence-electron chi connectivity index (χ1n) is 6.02. The Labute approximate surface area is 118 Å². The Hall–Kier alpha value is -0.263. The quantitative estimate of drug-likeness (QED) is 0.733. The molecule has 1 atom stereocenters. The van der Waals surface area contributed by atoms with Gasteiger partial charge in [0.05, 0.1) is 5.69 Å². The van der Waals surface area contributed by atoms with Crippen LogP contribution in [0, 0.1) is 0 Å². The van der Waals surface area contributed by atoms with Crippen molar-refractivity contribution in [3.05, 3.63) is 28.5 Å². The van der Waals surface area contributed by atoms with Crippen molar-refractivity contribution in [1.29, 1.82) is 0 Å². The van der Waals surface area contributed by atoms with E-state index >= 15 is 0 Å². The van der Waals surface area contributed by atoms with E-state index in [9.17, 15) is 4.39 Å². The first-order chi connectivity index (χ1) is 8.17. The molecule has 5 heteroatoms. The fraction of sp³-hybridized carbons (Fsp3) is 0.615. The number of alkyl halides is 1. The highest BCUT2D eigenvalue weighted by Gasteiger charge is 2.39. The third-order valence-corrected chi connectivity index (χ3v) is 8.42. The van der Waals surface area contributed by atoms with Crippen molar-refractivity contribution in [3.63, 3.8) is 0 Å². The molecule has 0 aliphatic carbocycles. The highest BCUT2D eigenvalue weighted by atomic mass is 79.9. The van der Waals surface area contributed by atoms with E-state index in [2.05, 4.69) is 54.8 Å². The zero-order valence-corrected chi connectivity index (χ0v) is 14.2. The van der Waals surface area contributed by atoms with Gasteiger partial charge in [0.25, 0.3) is 0 Å². The molecule has 1 aromatic heterocycles. The van der Waals surface area contributed by atoms with Crippen molar-refractivity contribution >= 4 is 24.2 Å². The van der Waals surface area contributed by atoms with Crippen LogP contribution in [0.3, 0.4) is 0 Å².